The summed E-state index contributed by atoms with van der Waals surface area (Å²) >= 11 is 0. The molecule has 4 nitrogen and oxygen atoms in total. The number of carbonyl (C=O) groups is 1. The number of carbonyl (C=O) groups excluding carboxylic acids is 1. The van der Waals surface area contributed by atoms with Crippen LogP contribution >= 0.6 is 0 Å². The number of piperidine rings is 1. The van der Waals surface area contributed by atoms with Crippen molar-refractivity contribution in [1.82, 2.24) is 9.88 Å². The quantitative estimate of drug-likeness (QED) is 0.530. The number of nitrogens with one attached hydrogen (secondary N) is 1. The molecule has 1 fully saturated rings. The molecule has 4 heteroatoms. The molecule has 0 bridgehead atoms. The topological polar surface area (TPSA) is 45.3 Å². The SMILES string of the molecule is CCc1[nH]c2c(C3CCN(C(=O)OC(C)(C)C)CC3)cccc2c1Cc1ccccc1. The highest BCUT2D eigenvalue weighted by atomic mass is 16.6. The van der Waals surface area contributed by atoms with E-state index in [4.69, 9.17) is 4.74 Å². The summed E-state index contributed by atoms with van der Waals surface area (Å²) in [6.45, 7) is 9.46. The van der Waals surface area contributed by atoms with E-state index in [-0.39, 0.29) is 6.09 Å². The maximum absolute atomic E-state index is 12.4. The smallest absolute Gasteiger partial charge is 0.410 e. The minimum absolute atomic E-state index is 0.192. The predicted octanol–water partition coefficient (Wildman–Crippen LogP) is 6.44. The van der Waals surface area contributed by atoms with E-state index in [0.717, 1.165) is 38.8 Å². The molecule has 3 aromatic rings. The second-order valence-corrected chi connectivity index (χ2v) is 9.61. The molecule has 0 unspecified atom stereocenters. The summed E-state index contributed by atoms with van der Waals surface area (Å²) < 4.78 is 5.56. The first-order valence-corrected chi connectivity index (χ1v) is 11.5. The zero-order chi connectivity index (χ0) is 22.0. The number of H-pyrrole nitrogens is 1. The molecule has 31 heavy (non-hydrogen) atoms. The van der Waals surface area contributed by atoms with E-state index < -0.39 is 5.60 Å². The van der Waals surface area contributed by atoms with E-state index in [9.17, 15) is 4.79 Å². The van der Waals surface area contributed by atoms with Gasteiger partial charge in [0.2, 0.25) is 0 Å². The zero-order valence-corrected chi connectivity index (χ0v) is 19.2. The molecule has 0 atom stereocenters. The molecule has 164 valence electrons. The van der Waals surface area contributed by atoms with E-state index in [2.05, 4.69) is 60.4 Å². The molecule has 2 heterocycles. The van der Waals surface area contributed by atoms with Crippen LogP contribution in [-0.2, 0) is 17.6 Å². The van der Waals surface area contributed by atoms with Crippen LogP contribution in [0.15, 0.2) is 48.5 Å². The average molecular weight is 419 g/mol. The number of aryl methyl sites for hydroxylation is 1. The Morgan fingerprint density at radius 1 is 1.06 bits per heavy atom. The molecule has 0 aliphatic carbocycles. The summed E-state index contributed by atoms with van der Waals surface area (Å²) in [5.41, 5.74) is 6.30. The van der Waals surface area contributed by atoms with Gasteiger partial charge in [-0.3, -0.25) is 0 Å². The molecule has 0 saturated carbocycles. The third-order valence-corrected chi connectivity index (χ3v) is 6.23. The Bertz CT molecular complexity index is 1040. The normalized spacial score (nSPS) is 15.4. The van der Waals surface area contributed by atoms with E-state index in [0.29, 0.717) is 5.92 Å². The standard InChI is InChI=1S/C27H34N2O2/c1-5-24-23(18-19-10-7-6-8-11-19)22-13-9-12-21(25(22)28-24)20-14-16-29(17-15-20)26(30)31-27(2,3)4/h6-13,20,28H,5,14-18H2,1-4H3. The third-order valence-electron chi connectivity index (χ3n) is 6.23. The Labute approximate surface area is 185 Å². The predicted molar refractivity (Wildman–Crippen MR) is 127 cm³/mol. The van der Waals surface area contributed by atoms with Crippen LogP contribution in [0.4, 0.5) is 4.79 Å². The Morgan fingerprint density at radius 3 is 2.42 bits per heavy atom. The molecule has 1 aliphatic rings. The Kier molecular flexibility index (Phi) is 6.08. The lowest BCUT2D eigenvalue weighted by Gasteiger charge is -2.33. The van der Waals surface area contributed by atoms with Gasteiger partial charge < -0.3 is 14.6 Å². The first-order chi connectivity index (χ1) is 14.9. The number of ether oxygens (including phenoxy) is 1. The van der Waals surface area contributed by atoms with Crippen molar-refractivity contribution in [1.29, 1.82) is 0 Å². The van der Waals surface area contributed by atoms with E-state index in [1.54, 1.807) is 0 Å². The Hall–Kier alpha value is -2.75. The molecule has 4 rings (SSSR count). The van der Waals surface area contributed by atoms with Crippen LogP contribution in [0, 0.1) is 0 Å². The van der Waals surface area contributed by atoms with E-state index in [1.165, 1.54) is 33.3 Å². The lowest BCUT2D eigenvalue weighted by molar-refractivity contribution is 0.0205. The fourth-order valence-corrected chi connectivity index (χ4v) is 4.69. The number of aromatic nitrogens is 1. The number of hydrogen-bond donors (Lipinski definition) is 1. The summed E-state index contributed by atoms with van der Waals surface area (Å²) in [6.07, 6.45) is 3.68. The van der Waals surface area contributed by atoms with Crippen molar-refractivity contribution < 1.29 is 9.53 Å². The molecule has 0 radical (unpaired) electrons. The molecule has 1 amide bonds. The number of aromatic amines is 1. The average Bonchev–Trinajstić information content (AvgIpc) is 3.11. The molecule has 0 spiro atoms. The second-order valence-electron chi connectivity index (χ2n) is 9.61. The van der Waals surface area contributed by atoms with Gasteiger partial charge >= 0.3 is 6.09 Å². The Morgan fingerprint density at radius 2 is 1.77 bits per heavy atom. The summed E-state index contributed by atoms with van der Waals surface area (Å²) in [5.74, 6) is 0.454. The van der Waals surface area contributed by atoms with Gasteiger partial charge in [-0.15, -0.1) is 0 Å². The fourth-order valence-electron chi connectivity index (χ4n) is 4.69. The van der Waals surface area contributed by atoms with Crippen molar-refractivity contribution in [2.75, 3.05) is 13.1 Å². The first kappa shape index (κ1) is 21.5. The van der Waals surface area contributed by atoms with Crippen molar-refractivity contribution in [3.63, 3.8) is 0 Å². The molecule has 1 aliphatic heterocycles. The Balaban J connectivity index is 1.56. The highest BCUT2D eigenvalue weighted by molar-refractivity contribution is 5.88. The molecule has 1 N–H and O–H groups in total. The van der Waals surface area contributed by atoms with Gasteiger partial charge in [-0.2, -0.15) is 0 Å². The summed E-state index contributed by atoms with van der Waals surface area (Å²) in [7, 11) is 0. The summed E-state index contributed by atoms with van der Waals surface area (Å²) in [6, 6.07) is 17.4. The number of amides is 1. The minimum Gasteiger partial charge on any atom is -0.444 e. The lowest BCUT2D eigenvalue weighted by Crippen LogP contribution is -2.41. The van der Waals surface area contributed by atoms with Crippen molar-refractivity contribution >= 4 is 17.0 Å². The zero-order valence-electron chi connectivity index (χ0n) is 19.2. The van der Waals surface area contributed by atoms with Gasteiger partial charge in [-0.1, -0.05) is 55.5 Å². The van der Waals surface area contributed by atoms with Crippen LogP contribution in [-0.4, -0.2) is 34.7 Å². The first-order valence-electron chi connectivity index (χ1n) is 11.5. The van der Waals surface area contributed by atoms with Crippen molar-refractivity contribution in [3.05, 3.63) is 70.9 Å². The number of benzene rings is 2. The van der Waals surface area contributed by atoms with Gasteiger partial charge in [-0.05, 0) is 69.1 Å². The molecular weight excluding hydrogens is 384 g/mol. The fraction of sp³-hybridized carbons (Fsp3) is 0.444. The van der Waals surface area contributed by atoms with Gasteiger partial charge in [0.05, 0.1) is 0 Å². The highest BCUT2D eigenvalue weighted by Gasteiger charge is 2.28. The largest absolute Gasteiger partial charge is 0.444 e. The van der Waals surface area contributed by atoms with Crippen LogP contribution < -0.4 is 0 Å². The molecular formula is C27H34N2O2. The maximum Gasteiger partial charge on any atom is 0.410 e. The number of fused-ring (bicyclic) bond motifs is 1. The lowest BCUT2D eigenvalue weighted by atomic mass is 9.88. The molecule has 2 aromatic carbocycles. The van der Waals surface area contributed by atoms with Crippen LogP contribution in [0.3, 0.4) is 0 Å². The number of hydrogen-bond acceptors (Lipinski definition) is 2. The van der Waals surface area contributed by atoms with Gasteiger partial charge in [0.15, 0.2) is 0 Å². The second kappa shape index (κ2) is 8.78. The third kappa shape index (κ3) is 4.79. The van der Waals surface area contributed by atoms with Crippen LogP contribution in [0.5, 0.6) is 0 Å². The van der Waals surface area contributed by atoms with Crippen molar-refractivity contribution in [2.24, 2.45) is 0 Å². The maximum atomic E-state index is 12.4. The summed E-state index contributed by atoms with van der Waals surface area (Å²) in [4.78, 5) is 18.0. The van der Waals surface area contributed by atoms with E-state index in [1.807, 2.05) is 25.7 Å². The minimum atomic E-state index is -0.449. The van der Waals surface area contributed by atoms with Crippen molar-refractivity contribution in [2.45, 2.75) is 64.9 Å². The van der Waals surface area contributed by atoms with Gasteiger partial charge in [-0.25, -0.2) is 4.79 Å². The molecule has 1 saturated heterocycles. The van der Waals surface area contributed by atoms with Gasteiger partial charge in [0, 0.05) is 29.7 Å². The van der Waals surface area contributed by atoms with E-state index >= 15 is 0 Å². The monoisotopic (exact) mass is 418 g/mol. The number of para-hydroxylation sites is 1. The number of rotatable bonds is 4. The molecule has 1 aromatic heterocycles. The van der Waals surface area contributed by atoms with Crippen LogP contribution in [0.25, 0.3) is 10.9 Å². The number of nitrogens with zero attached hydrogens (tertiary/aromatic N) is 1. The van der Waals surface area contributed by atoms with Crippen LogP contribution in [0.2, 0.25) is 0 Å². The van der Waals surface area contributed by atoms with Gasteiger partial charge in [0.25, 0.3) is 0 Å². The highest BCUT2D eigenvalue weighted by Crippen LogP contribution is 2.36. The van der Waals surface area contributed by atoms with Crippen LogP contribution in [0.1, 0.15) is 68.8 Å². The van der Waals surface area contributed by atoms with Gasteiger partial charge in [0.1, 0.15) is 5.60 Å². The van der Waals surface area contributed by atoms with Crippen molar-refractivity contribution in [3.8, 4) is 0 Å². The number of likely N-dealkylation sites (tertiary alicyclic amines) is 1. The summed E-state index contributed by atoms with van der Waals surface area (Å²) in [5, 5.41) is 1.34.